The van der Waals surface area contributed by atoms with Crippen molar-refractivity contribution in [1.82, 2.24) is 15.2 Å². The van der Waals surface area contributed by atoms with E-state index >= 15 is 0 Å². The number of benzene rings is 2. The molecule has 0 saturated heterocycles. The molecule has 0 radical (unpaired) electrons. The summed E-state index contributed by atoms with van der Waals surface area (Å²) in [5.74, 6) is -1.23. The zero-order valence-electron chi connectivity index (χ0n) is 15.8. The minimum Gasteiger partial charge on any atom is -0.325 e. The molecule has 0 bridgehead atoms. The number of thiazole rings is 1. The summed E-state index contributed by atoms with van der Waals surface area (Å²) in [7, 11) is 0. The lowest BCUT2D eigenvalue weighted by Gasteiger charge is -2.13. The van der Waals surface area contributed by atoms with Gasteiger partial charge < -0.3 is 5.32 Å². The number of halogens is 3. The third kappa shape index (κ3) is 5.23. The van der Waals surface area contributed by atoms with Gasteiger partial charge in [-0.05, 0) is 24.3 Å². The predicted octanol–water partition coefficient (Wildman–Crippen LogP) is 5.15. The van der Waals surface area contributed by atoms with Crippen molar-refractivity contribution in [2.24, 2.45) is 0 Å². The molecule has 0 aliphatic heterocycles. The lowest BCUT2D eigenvalue weighted by Crippen LogP contribution is -2.18. The Morgan fingerprint density at radius 3 is 2.50 bits per heavy atom. The van der Waals surface area contributed by atoms with Gasteiger partial charge in [0.2, 0.25) is 11.0 Å². The van der Waals surface area contributed by atoms with Gasteiger partial charge in [-0.15, -0.1) is 21.5 Å². The number of hydrogen-bond donors (Lipinski definition) is 2. The average molecular weight is 496 g/mol. The lowest BCUT2D eigenvalue weighted by molar-refractivity contribution is -0.137. The summed E-state index contributed by atoms with van der Waals surface area (Å²) >= 11 is 3.28. The van der Waals surface area contributed by atoms with E-state index in [1.54, 1.807) is 6.07 Å². The fraction of sp³-hybridized carbons (Fsp3) is 0.105. The molecule has 2 amide bonds. The Labute approximate surface area is 191 Å². The number of hydrogen-bond acceptors (Lipinski definition) is 8. The standard InChI is InChI=1S/C19H12F3N5O2S3/c20-19(21,22)10-5-1-2-6-11(10)23-14(28)9-30-18-27-26-17(32-18)25-15(29)16-24-12-7-3-4-8-13(12)31-16/h1-8H,9H2,(H,23,28)(H,25,26,29). The van der Waals surface area contributed by atoms with E-state index in [1.807, 2.05) is 18.2 Å². The summed E-state index contributed by atoms with van der Waals surface area (Å²) in [4.78, 5) is 28.8. The molecule has 2 aromatic heterocycles. The van der Waals surface area contributed by atoms with E-state index in [0.29, 0.717) is 9.86 Å². The maximum Gasteiger partial charge on any atom is 0.418 e. The van der Waals surface area contributed by atoms with Crippen LogP contribution in [0.15, 0.2) is 52.9 Å². The normalized spacial score (nSPS) is 11.5. The first-order valence-electron chi connectivity index (χ1n) is 8.89. The van der Waals surface area contributed by atoms with Gasteiger partial charge in [-0.25, -0.2) is 4.98 Å². The molecule has 0 unspecified atom stereocenters. The number of nitrogens with one attached hydrogen (secondary N) is 2. The second-order valence-electron chi connectivity index (χ2n) is 6.19. The van der Waals surface area contributed by atoms with Crippen LogP contribution >= 0.6 is 34.4 Å². The number of carbonyl (C=O) groups is 2. The van der Waals surface area contributed by atoms with E-state index in [1.165, 1.54) is 29.5 Å². The van der Waals surface area contributed by atoms with Gasteiger partial charge in [0.25, 0.3) is 5.91 Å². The monoisotopic (exact) mass is 495 g/mol. The largest absolute Gasteiger partial charge is 0.418 e. The number of amides is 2. The first-order chi connectivity index (χ1) is 15.3. The summed E-state index contributed by atoms with van der Waals surface area (Å²) in [5, 5.41) is 13.1. The molecule has 13 heteroatoms. The molecular formula is C19H12F3N5O2S3. The van der Waals surface area contributed by atoms with Crippen molar-refractivity contribution in [3.8, 4) is 0 Å². The van der Waals surface area contributed by atoms with Crippen molar-refractivity contribution in [1.29, 1.82) is 0 Å². The smallest absolute Gasteiger partial charge is 0.325 e. The van der Waals surface area contributed by atoms with Crippen molar-refractivity contribution >= 4 is 67.3 Å². The van der Waals surface area contributed by atoms with Crippen LogP contribution in [0.25, 0.3) is 10.2 Å². The summed E-state index contributed by atoms with van der Waals surface area (Å²) in [6.45, 7) is 0. The molecule has 0 saturated carbocycles. The molecule has 32 heavy (non-hydrogen) atoms. The number of fused-ring (bicyclic) bond motifs is 1. The molecule has 0 atom stereocenters. The Morgan fingerprint density at radius 1 is 0.969 bits per heavy atom. The van der Waals surface area contributed by atoms with Gasteiger partial charge in [-0.3, -0.25) is 14.9 Å². The van der Waals surface area contributed by atoms with Gasteiger partial charge in [0.05, 0.1) is 27.2 Å². The minimum atomic E-state index is -4.58. The summed E-state index contributed by atoms with van der Waals surface area (Å²) < 4.78 is 40.3. The summed E-state index contributed by atoms with van der Waals surface area (Å²) in [6, 6.07) is 12.1. The van der Waals surface area contributed by atoms with Crippen molar-refractivity contribution < 1.29 is 22.8 Å². The number of carbonyl (C=O) groups excluding carboxylic acids is 2. The molecular weight excluding hydrogens is 483 g/mol. The van der Waals surface area contributed by atoms with Crippen molar-refractivity contribution in [3.05, 3.63) is 59.1 Å². The lowest BCUT2D eigenvalue weighted by atomic mass is 10.1. The number of alkyl halides is 3. The van der Waals surface area contributed by atoms with Crippen LogP contribution in [0.2, 0.25) is 0 Å². The molecule has 0 aliphatic rings. The molecule has 4 rings (SSSR count). The maximum absolute atomic E-state index is 13.0. The molecule has 0 fully saturated rings. The van der Waals surface area contributed by atoms with Crippen LogP contribution in [0.1, 0.15) is 15.4 Å². The van der Waals surface area contributed by atoms with E-state index in [2.05, 4.69) is 25.8 Å². The van der Waals surface area contributed by atoms with Crippen molar-refractivity contribution in [3.63, 3.8) is 0 Å². The molecule has 4 aromatic rings. The van der Waals surface area contributed by atoms with E-state index in [0.717, 1.165) is 33.9 Å². The topological polar surface area (TPSA) is 96.9 Å². The van der Waals surface area contributed by atoms with E-state index in [4.69, 9.17) is 0 Å². The third-order valence-corrected chi connectivity index (χ3v) is 6.96. The van der Waals surface area contributed by atoms with E-state index in [-0.39, 0.29) is 21.6 Å². The van der Waals surface area contributed by atoms with Gasteiger partial charge in [0.15, 0.2) is 9.35 Å². The quantitative estimate of drug-likeness (QED) is 0.284. The Bertz CT molecular complexity index is 1260. The second kappa shape index (κ2) is 9.22. The Hall–Kier alpha value is -3.03. The van der Waals surface area contributed by atoms with Crippen LogP contribution in [0.5, 0.6) is 0 Å². The highest BCUT2D eigenvalue weighted by Crippen LogP contribution is 2.35. The first kappa shape index (κ1) is 22.2. The van der Waals surface area contributed by atoms with Gasteiger partial charge in [-0.2, -0.15) is 13.2 Å². The highest BCUT2D eigenvalue weighted by molar-refractivity contribution is 8.01. The molecule has 7 nitrogen and oxygen atoms in total. The number of aromatic nitrogens is 3. The predicted molar refractivity (Wildman–Crippen MR) is 118 cm³/mol. The molecule has 2 aromatic carbocycles. The molecule has 2 heterocycles. The summed E-state index contributed by atoms with van der Waals surface area (Å²) in [6.07, 6.45) is -4.58. The SMILES string of the molecule is O=C(CSc1nnc(NC(=O)c2nc3ccccc3s2)s1)Nc1ccccc1C(F)(F)F. The van der Waals surface area contributed by atoms with Crippen LogP contribution < -0.4 is 10.6 Å². The maximum atomic E-state index is 13.0. The third-order valence-electron chi connectivity index (χ3n) is 3.95. The highest BCUT2D eigenvalue weighted by Gasteiger charge is 2.33. The zero-order valence-corrected chi connectivity index (χ0v) is 18.3. The number of nitrogens with zero attached hydrogens (tertiary/aromatic N) is 3. The van der Waals surface area contributed by atoms with Gasteiger partial charge in [0.1, 0.15) is 0 Å². The van der Waals surface area contributed by atoms with Crippen LogP contribution in [-0.2, 0) is 11.0 Å². The first-order valence-corrected chi connectivity index (χ1v) is 11.5. The van der Waals surface area contributed by atoms with Crippen LogP contribution in [-0.4, -0.2) is 32.7 Å². The number of rotatable bonds is 6. The van der Waals surface area contributed by atoms with Gasteiger partial charge in [0, 0.05) is 0 Å². The van der Waals surface area contributed by atoms with Crippen molar-refractivity contribution in [2.45, 2.75) is 10.5 Å². The fourth-order valence-electron chi connectivity index (χ4n) is 2.59. The molecule has 0 spiro atoms. The second-order valence-corrected chi connectivity index (χ2v) is 9.42. The Morgan fingerprint density at radius 2 is 1.72 bits per heavy atom. The number of para-hydroxylation sites is 2. The number of anilines is 2. The highest BCUT2D eigenvalue weighted by atomic mass is 32.2. The van der Waals surface area contributed by atoms with Gasteiger partial charge >= 0.3 is 6.18 Å². The van der Waals surface area contributed by atoms with Gasteiger partial charge in [-0.1, -0.05) is 47.4 Å². The molecule has 164 valence electrons. The number of thioether (sulfide) groups is 1. The van der Waals surface area contributed by atoms with Crippen LogP contribution in [0, 0.1) is 0 Å². The minimum absolute atomic E-state index is 0.174. The van der Waals surface area contributed by atoms with E-state index in [9.17, 15) is 22.8 Å². The fourth-order valence-corrected chi connectivity index (χ4v) is 5.00. The van der Waals surface area contributed by atoms with Crippen LogP contribution in [0.3, 0.4) is 0 Å². The average Bonchev–Trinajstić information content (AvgIpc) is 3.38. The van der Waals surface area contributed by atoms with Crippen molar-refractivity contribution in [2.75, 3.05) is 16.4 Å². The summed E-state index contributed by atoms with van der Waals surface area (Å²) in [5.41, 5.74) is -0.518. The molecule has 0 aliphatic carbocycles. The Balaban J connectivity index is 1.33. The zero-order chi connectivity index (χ0) is 22.7. The molecule has 2 N–H and O–H groups in total. The van der Waals surface area contributed by atoms with Crippen LogP contribution in [0.4, 0.5) is 24.0 Å². The Kier molecular flexibility index (Phi) is 6.39. The van der Waals surface area contributed by atoms with E-state index < -0.39 is 23.6 Å².